The highest BCUT2D eigenvalue weighted by atomic mass is 35.5. The van der Waals surface area contributed by atoms with E-state index in [9.17, 15) is 0 Å². The van der Waals surface area contributed by atoms with Crippen LogP contribution in [0.4, 0.5) is 0 Å². The lowest BCUT2D eigenvalue weighted by Gasteiger charge is -1.99. The molecule has 0 amide bonds. The van der Waals surface area contributed by atoms with Gasteiger partial charge >= 0.3 is 0 Å². The fourth-order valence-corrected chi connectivity index (χ4v) is 1.37. The number of H-pyrrole nitrogens is 1. The van der Waals surface area contributed by atoms with Gasteiger partial charge in [-0.1, -0.05) is 11.6 Å². The third-order valence-corrected chi connectivity index (χ3v) is 2.35. The Morgan fingerprint density at radius 1 is 1.36 bits per heavy atom. The second kappa shape index (κ2) is 3.43. The molecule has 1 heterocycles. The summed E-state index contributed by atoms with van der Waals surface area (Å²) in [5.74, 6) is 6.25. The third-order valence-electron chi connectivity index (χ3n) is 1.81. The van der Waals surface area contributed by atoms with E-state index in [1.165, 1.54) is 4.68 Å². The molecule has 6 heteroatoms. The first kappa shape index (κ1) is 9.23. The predicted octanol–water partition coefficient (Wildman–Crippen LogP) is 1.97. The third kappa shape index (κ3) is 1.51. The fraction of sp³-hybridized carbons (Fsp3) is 0. The van der Waals surface area contributed by atoms with E-state index in [1.807, 2.05) is 12.1 Å². The van der Waals surface area contributed by atoms with E-state index in [0.717, 1.165) is 5.56 Å². The van der Waals surface area contributed by atoms with E-state index in [4.69, 9.17) is 29.7 Å². The van der Waals surface area contributed by atoms with Gasteiger partial charge in [-0.3, -0.25) is 0 Å². The number of nitrogens with one attached hydrogen (secondary N) is 1. The zero-order chi connectivity index (χ0) is 10.1. The van der Waals surface area contributed by atoms with Crippen molar-refractivity contribution < 1.29 is 0 Å². The van der Waals surface area contributed by atoms with Gasteiger partial charge in [0.25, 0.3) is 0 Å². The Balaban J connectivity index is 2.55. The van der Waals surface area contributed by atoms with Gasteiger partial charge in [-0.25, -0.2) is 9.77 Å². The van der Waals surface area contributed by atoms with Crippen LogP contribution in [0.15, 0.2) is 24.3 Å². The molecule has 0 aliphatic heterocycles. The van der Waals surface area contributed by atoms with E-state index in [-0.39, 0.29) is 0 Å². The van der Waals surface area contributed by atoms with Crippen LogP contribution in [-0.2, 0) is 0 Å². The summed E-state index contributed by atoms with van der Waals surface area (Å²) in [7, 11) is 0. The van der Waals surface area contributed by atoms with Gasteiger partial charge in [0.15, 0.2) is 5.82 Å². The Morgan fingerprint density at radius 3 is 2.50 bits per heavy atom. The van der Waals surface area contributed by atoms with E-state index < -0.39 is 0 Å². The van der Waals surface area contributed by atoms with Crippen LogP contribution in [0.2, 0.25) is 5.02 Å². The van der Waals surface area contributed by atoms with E-state index >= 15 is 0 Å². The molecule has 1 aromatic carbocycles. The van der Waals surface area contributed by atoms with Crippen molar-refractivity contribution >= 4 is 23.8 Å². The number of aromatic amines is 1. The quantitative estimate of drug-likeness (QED) is 0.578. The van der Waals surface area contributed by atoms with Crippen LogP contribution in [0, 0.1) is 4.77 Å². The van der Waals surface area contributed by atoms with Gasteiger partial charge < -0.3 is 5.84 Å². The summed E-state index contributed by atoms with van der Waals surface area (Å²) in [5.41, 5.74) is 0.865. The summed E-state index contributed by atoms with van der Waals surface area (Å²) >= 11 is 10.7. The van der Waals surface area contributed by atoms with Crippen molar-refractivity contribution in [2.24, 2.45) is 0 Å². The number of halogens is 1. The molecule has 4 nitrogen and oxygen atoms in total. The van der Waals surface area contributed by atoms with Crippen LogP contribution < -0.4 is 5.84 Å². The topological polar surface area (TPSA) is 59.6 Å². The average Bonchev–Trinajstić information content (AvgIpc) is 2.50. The van der Waals surface area contributed by atoms with Gasteiger partial charge in [-0.2, -0.15) is 5.10 Å². The van der Waals surface area contributed by atoms with E-state index in [2.05, 4.69) is 10.2 Å². The smallest absolute Gasteiger partial charge is 0.214 e. The van der Waals surface area contributed by atoms with Crippen molar-refractivity contribution in [3.8, 4) is 11.4 Å². The molecular formula is C8H7ClN4S. The van der Waals surface area contributed by atoms with Crippen LogP contribution in [0.25, 0.3) is 11.4 Å². The SMILES string of the molecule is Nn1c(-c2ccc(Cl)cc2)n[nH]c1=S. The summed E-state index contributed by atoms with van der Waals surface area (Å²) in [4.78, 5) is 0. The summed E-state index contributed by atoms with van der Waals surface area (Å²) < 4.78 is 1.70. The molecule has 0 spiro atoms. The van der Waals surface area contributed by atoms with Crippen LogP contribution in [0.5, 0.6) is 0 Å². The Morgan fingerprint density at radius 2 is 2.00 bits per heavy atom. The number of rotatable bonds is 1. The maximum atomic E-state index is 5.76. The molecule has 1 aromatic heterocycles. The molecule has 0 atom stereocenters. The highest BCUT2D eigenvalue weighted by Gasteiger charge is 2.05. The van der Waals surface area contributed by atoms with Crippen molar-refractivity contribution in [3.63, 3.8) is 0 Å². The summed E-state index contributed by atoms with van der Waals surface area (Å²) in [6.45, 7) is 0. The van der Waals surface area contributed by atoms with Crippen LogP contribution in [-0.4, -0.2) is 14.9 Å². The molecule has 0 saturated carbocycles. The zero-order valence-electron chi connectivity index (χ0n) is 7.07. The Bertz CT molecular complexity index is 499. The number of nitrogens with two attached hydrogens (primary N) is 1. The molecule has 0 saturated heterocycles. The minimum atomic E-state index is 0.384. The molecule has 2 rings (SSSR count). The Labute approximate surface area is 90.3 Å². The number of nitrogen functional groups attached to an aromatic ring is 1. The van der Waals surface area contributed by atoms with Crippen LogP contribution >= 0.6 is 23.8 Å². The molecule has 0 unspecified atom stereocenters. The lowest BCUT2D eigenvalue weighted by Crippen LogP contribution is -2.09. The van der Waals surface area contributed by atoms with Gasteiger partial charge in [0.2, 0.25) is 4.77 Å². The van der Waals surface area contributed by atoms with Crippen LogP contribution in [0.3, 0.4) is 0 Å². The normalized spacial score (nSPS) is 10.4. The Kier molecular flexibility index (Phi) is 2.26. The van der Waals surface area contributed by atoms with Gasteiger partial charge in [-0.15, -0.1) is 0 Å². The molecule has 0 bridgehead atoms. The fourth-order valence-electron chi connectivity index (χ4n) is 1.11. The molecule has 0 aliphatic carbocycles. The van der Waals surface area contributed by atoms with Crippen molar-refractivity contribution in [1.82, 2.24) is 14.9 Å². The van der Waals surface area contributed by atoms with Crippen LogP contribution in [0.1, 0.15) is 0 Å². The minimum absolute atomic E-state index is 0.384. The number of hydrogen-bond donors (Lipinski definition) is 2. The molecule has 0 aliphatic rings. The number of benzene rings is 1. The maximum Gasteiger partial charge on any atom is 0.214 e. The minimum Gasteiger partial charge on any atom is -0.335 e. The molecule has 0 fully saturated rings. The molecule has 72 valence electrons. The summed E-state index contributed by atoms with van der Waals surface area (Å²) in [6.07, 6.45) is 0. The predicted molar refractivity (Wildman–Crippen MR) is 58.0 cm³/mol. The number of nitrogens with zero attached hydrogens (tertiary/aromatic N) is 2. The molecule has 14 heavy (non-hydrogen) atoms. The second-order valence-electron chi connectivity index (χ2n) is 2.73. The van der Waals surface area contributed by atoms with E-state index in [1.54, 1.807) is 12.1 Å². The van der Waals surface area contributed by atoms with Gasteiger partial charge in [0.05, 0.1) is 0 Å². The molecule has 2 aromatic rings. The second-order valence-corrected chi connectivity index (χ2v) is 3.55. The van der Waals surface area contributed by atoms with Crippen molar-refractivity contribution in [2.75, 3.05) is 5.84 Å². The number of aromatic nitrogens is 3. The highest BCUT2D eigenvalue weighted by molar-refractivity contribution is 7.71. The number of hydrogen-bond acceptors (Lipinski definition) is 3. The molecule has 0 radical (unpaired) electrons. The van der Waals surface area contributed by atoms with Crippen molar-refractivity contribution in [2.45, 2.75) is 0 Å². The highest BCUT2D eigenvalue weighted by Crippen LogP contribution is 2.18. The first-order chi connectivity index (χ1) is 6.68. The molecular weight excluding hydrogens is 220 g/mol. The monoisotopic (exact) mass is 226 g/mol. The summed E-state index contributed by atoms with van der Waals surface area (Å²) in [6, 6.07) is 7.20. The van der Waals surface area contributed by atoms with Gasteiger partial charge in [0.1, 0.15) is 0 Å². The molecule has 3 N–H and O–H groups in total. The standard InChI is InChI=1S/C8H7ClN4S/c9-6-3-1-5(2-4-6)7-11-12-8(14)13(7)10/h1-4H,10H2,(H,12,14). The first-order valence-electron chi connectivity index (χ1n) is 3.87. The average molecular weight is 227 g/mol. The van der Waals surface area contributed by atoms with Crippen molar-refractivity contribution in [3.05, 3.63) is 34.1 Å². The van der Waals surface area contributed by atoms with Gasteiger partial charge in [-0.05, 0) is 36.5 Å². The summed E-state index contributed by atoms with van der Waals surface area (Å²) in [5, 5.41) is 7.27. The van der Waals surface area contributed by atoms with E-state index in [0.29, 0.717) is 15.6 Å². The Hall–Kier alpha value is -1.33. The van der Waals surface area contributed by atoms with Crippen molar-refractivity contribution in [1.29, 1.82) is 0 Å². The zero-order valence-corrected chi connectivity index (χ0v) is 8.64. The maximum absolute atomic E-state index is 5.76. The lowest BCUT2D eigenvalue weighted by atomic mass is 10.2. The first-order valence-corrected chi connectivity index (χ1v) is 4.65. The lowest BCUT2D eigenvalue weighted by molar-refractivity contribution is 0.984. The largest absolute Gasteiger partial charge is 0.335 e. The van der Waals surface area contributed by atoms with Gasteiger partial charge in [0, 0.05) is 10.6 Å².